The Morgan fingerprint density at radius 1 is 1.07 bits per heavy atom. The zero-order chi connectivity index (χ0) is 20.4. The van der Waals surface area contributed by atoms with Gasteiger partial charge in [0.25, 0.3) is 0 Å². The van der Waals surface area contributed by atoms with E-state index >= 15 is 0 Å². The number of hydrogen-bond donors (Lipinski definition) is 1. The van der Waals surface area contributed by atoms with Gasteiger partial charge < -0.3 is 14.8 Å². The molecule has 29 heavy (non-hydrogen) atoms. The molecule has 156 valence electrons. The number of amides is 1. The third-order valence-electron chi connectivity index (χ3n) is 5.57. The quantitative estimate of drug-likeness (QED) is 0.627. The first kappa shape index (κ1) is 21.3. The number of likely N-dealkylation sites (N-methyl/N-ethyl adjacent to an activating group) is 1. The van der Waals surface area contributed by atoms with E-state index in [1.807, 2.05) is 48.3 Å². The van der Waals surface area contributed by atoms with Crippen LogP contribution in [-0.2, 0) is 14.9 Å². The van der Waals surface area contributed by atoms with Gasteiger partial charge in [-0.15, -0.1) is 0 Å². The second-order valence-electron chi connectivity index (χ2n) is 7.79. The Kier molecular flexibility index (Phi) is 8.08. The van der Waals surface area contributed by atoms with Gasteiger partial charge in [0.15, 0.2) is 0 Å². The van der Waals surface area contributed by atoms with Gasteiger partial charge in [-0.3, -0.25) is 9.69 Å². The van der Waals surface area contributed by atoms with Gasteiger partial charge in [0.05, 0.1) is 13.2 Å². The summed E-state index contributed by atoms with van der Waals surface area (Å²) in [5.41, 5.74) is 1.26. The molecule has 5 heteroatoms. The number of benzene rings is 2. The molecule has 0 atom stereocenters. The summed E-state index contributed by atoms with van der Waals surface area (Å²) in [5, 5.41) is 3.17. The second kappa shape index (κ2) is 11.0. The van der Waals surface area contributed by atoms with Crippen LogP contribution in [-0.4, -0.2) is 57.3 Å². The van der Waals surface area contributed by atoms with E-state index in [1.54, 1.807) is 0 Å². The number of carbonyl (C=O) groups is 1. The lowest BCUT2D eigenvalue weighted by molar-refractivity contribution is -0.122. The van der Waals surface area contributed by atoms with E-state index in [2.05, 4.69) is 29.6 Å². The fourth-order valence-corrected chi connectivity index (χ4v) is 3.81. The highest BCUT2D eigenvalue weighted by Gasteiger charge is 2.34. The van der Waals surface area contributed by atoms with Gasteiger partial charge in [-0.2, -0.15) is 0 Å². The number of nitrogens with zero attached hydrogens (tertiary/aromatic N) is 1. The SMILES string of the molecule is CN(CCCOc1ccccc1)CC(=O)NCC1(c2ccccc2)CCOCC1. The summed E-state index contributed by atoms with van der Waals surface area (Å²) < 4.78 is 11.3. The van der Waals surface area contributed by atoms with Gasteiger partial charge >= 0.3 is 0 Å². The van der Waals surface area contributed by atoms with E-state index in [0.717, 1.165) is 44.8 Å². The van der Waals surface area contributed by atoms with E-state index in [9.17, 15) is 4.79 Å². The minimum atomic E-state index is -0.0305. The van der Waals surface area contributed by atoms with Gasteiger partial charge in [0.1, 0.15) is 5.75 Å². The largest absolute Gasteiger partial charge is 0.494 e. The fourth-order valence-electron chi connectivity index (χ4n) is 3.81. The second-order valence-corrected chi connectivity index (χ2v) is 7.79. The molecule has 1 N–H and O–H groups in total. The number of para-hydroxylation sites is 1. The van der Waals surface area contributed by atoms with Gasteiger partial charge in [0, 0.05) is 31.7 Å². The molecule has 1 fully saturated rings. The molecule has 0 unspecified atom stereocenters. The Morgan fingerprint density at radius 3 is 2.41 bits per heavy atom. The van der Waals surface area contributed by atoms with E-state index in [1.165, 1.54) is 5.56 Å². The molecule has 1 heterocycles. The van der Waals surface area contributed by atoms with Crippen molar-refractivity contribution in [3.05, 3.63) is 66.2 Å². The summed E-state index contributed by atoms with van der Waals surface area (Å²) >= 11 is 0. The zero-order valence-corrected chi connectivity index (χ0v) is 17.3. The molecule has 2 aromatic carbocycles. The zero-order valence-electron chi connectivity index (χ0n) is 17.3. The third kappa shape index (κ3) is 6.58. The number of ether oxygens (including phenoxy) is 2. The molecule has 0 radical (unpaired) electrons. The molecule has 0 aromatic heterocycles. The van der Waals surface area contributed by atoms with Gasteiger partial charge in [0.2, 0.25) is 5.91 Å². The van der Waals surface area contributed by atoms with Gasteiger partial charge in [-0.1, -0.05) is 48.5 Å². The average molecular weight is 397 g/mol. The number of nitrogens with one attached hydrogen (secondary N) is 1. The standard InChI is InChI=1S/C24H32N2O3/c1-26(15-8-16-29-22-11-6-3-7-12-22)19-23(27)25-20-24(13-17-28-18-14-24)21-9-4-2-5-10-21/h2-7,9-12H,8,13-20H2,1H3,(H,25,27). The lowest BCUT2D eigenvalue weighted by Gasteiger charge is -2.38. The molecule has 0 aliphatic carbocycles. The number of hydrogen-bond acceptors (Lipinski definition) is 4. The summed E-state index contributed by atoms with van der Waals surface area (Å²) in [4.78, 5) is 14.6. The Morgan fingerprint density at radius 2 is 1.72 bits per heavy atom. The highest BCUT2D eigenvalue weighted by atomic mass is 16.5. The molecule has 0 spiro atoms. The van der Waals surface area contributed by atoms with E-state index in [4.69, 9.17) is 9.47 Å². The van der Waals surface area contributed by atoms with E-state index in [0.29, 0.717) is 19.7 Å². The monoisotopic (exact) mass is 396 g/mol. The number of carbonyl (C=O) groups excluding carboxylic acids is 1. The van der Waals surface area contributed by atoms with Crippen molar-refractivity contribution in [2.75, 3.05) is 46.5 Å². The first-order chi connectivity index (χ1) is 14.2. The molecule has 1 aliphatic rings. The first-order valence-electron chi connectivity index (χ1n) is 10.4. The highest BCUT2D eigenvalue weighted by Crippen LogP contribution is 2.34. The predicted octanol–water partition coefficient (Wildman–Crippen LogP) is 3.25. The normalized spacial score (nSPS) is 15.8. The van der Waals surface area contributed by atoms with Gasteiger partial charge in [-0.25, -0.2) is 0 Å². The molecule has 3 rings (SSSR count). The lowest BCUT2D eigenvalue weighted by atomic mass is 9.74. The molecule has 1 saturated heterocycles. The maximum Gasteiger partial charge on any atom is 0.234 e. The third-order valence-corrected chi connectivity index (χ3v) is 5.57. The number of rotatable bonds is 10. The first-order valence-corrected chi connectivity index (χ1v) is 10.4. The average Bonchev–Trinajstić information content (AvgIpc) is 2.77. The Balaban J connectivity index is 1.41. The molecule has 2 aromatic rings. The topological polar surface area (TPSA) is 50.8 Å². The maximum absolute atomic E-state index is 12.5. The molecular weight excluding hydrogens is 364 g/mol. The fraction of sp³-hybridized carbons (Fsp3) is 0.458. The summed E-state index contributed by atoms with van der Waals surface area (Å²) in [5.74, 6) is 0.953. The summed E-state index contributed by atoms with van der Waals surface area (Å²) in [6.07, 6.45) is 2.75. The van der Waals surface area contributed by atoms with Crippen molar-refractivity contribution in [3.8, 4) is 5.75 Å². The summed E-state index contributed by atoms with van der Waals surface area (Å²) in [7, 11) is 1.98. The van der Waals surface area contributed by atoms with Crippen molar-refractivity contribution < 1.29 is 14.3 Å². The van der Waals surface area contributed by atoms with E-state index in [-0.39, 0.29) is 11.3 Å². The molecular formula is C24H32N2O3. The van der Waals surface area contributed by atoms with Crippen LogP contribution in [0.5, 0.6) is 5.75 Å². The minimum Gasteiger partial charge on any atom is -0.494 e. The molecule has 0 bridgehead atoms. The van der Waals surface area contributed by atoms with Crippen LogP contribution >= 0.6 is 0 Å². The molecule has 1 aliphatic heterocycles. The summed E-state index contributed by atoms with van der Waals surface area (Å²) in [6, 6.07) is 20.3. The van der Waals surface area contributed by atoms with Crippen molar-refractivity contribution in [1.82, 2.24) is 10.2 Å². The predicted molar refractivity (Wildman–Crippen MR) is 115 cm³/mol. The van der Waals surface area contributed by atoms with Crippen LogP contribution < -0.4 is 10.1 Å². The van der Waals surface area contributed by atoms with Crippen LogP contribution in [0.3, 0.4) is 0 Å². The van der Waals surface area contributed by atoms with Crippen LogP contribution in [0.15, 0.2) is 60.7 Å². The molecule has 1 amide bonds. The Hall–Kier alpha value is -2.37. The van der Waals surface area contributed by atoms with Crippen LogP contribution in [0.2, 0.25) is 0 Å². The maximum atomic E-state index is 12.5. The van der Waals surface area contributed by atoms with Crippen LogP contribution in [0.4, 0.5) is 0 Å². The van der Waals surface area contributed by atoms with Crippen molar-refractivity contribution in [2.24, 2.45) is 0 Å². The van der Waals surface area contributed by atoms with E-state index < -0.39 is 0 Å². The Labute approximate surface area is 174 Å². The molecule has 5 nitrogen and oxygen atoms in total. The molecule has 0 saturated carbocycles. The van der Waals surface area contributed by atoms with Crippen molar-refractivity contribution in [2.45, 2.75) is 24.7 Å². The van der Waals surface area contributed by atoms with Crippen LogP contribution in [0, 0.1) is 0 Å². The highest BCUT2D eigenvalue weighted by molar-refractivity contribution is 5.78. The van der Waals surface area contributed by atoms with Crippen LogP contribution in [0.25, 0.3) is 0 Å². The Bertz CT molecular complexity index is 730. The van der Waals surface area contributed by atoms with Crippen molar-refractivity contribution in [1.29, 1.82) is 0 Å². The van der Waals surface area contributed by atoms with Crippen molar-refractivity contribution >= 4 is 5.91 Å². The summed E-state index contributed by atoms with van der Waals surface area (Å²) in [6.45, 7) is 4.00. The lowest BCUT2D eigenvalue weighted by Crippen LogP contribution is -2.46. The van der Waals surface area contributed by atoms with Gasteiger partial charge in [-0.05, 0) is 44.0 Å². The minimum absolute atomic E-state index is 0.0305. The smallest absolute Gasteiger partial charge is 0.234 e. The van der Waals surface area contributed by atoms with Crippen LogP contribution in [0.1, 0.15) is 24.8 Å². The van der Waals surface area contributed by atoms with Crippen molar-refractivity contribution in [3.63, 3.8) is 0 Å².